The summed E-state index contributed by atoms with van der Waals surface area (Å²) in [6, 6.07) is 4.85. The molecule has 1 aliphatic heterocycles. The van der Waals surface area contributed by atoms with Crippen LogP contribution in [0.4, 0.5) is 36.7 Å². The van der Waals surface area contributed by atoms with Gasteiger partial charge in [0.05, 0.1) is 5.57 Å². The Balaban J connectivity index is -0.000000400. The predicted molar refractivity (Wildman–Crippen MR) is 74.4 cm³/mol. The van der Waals surface area contributed by atoms with Gasteiger partial charge in [-0.05, 0) is 18.1 Å². The largest absolute Gasteiger partial charge is 0.478 e. The molecular weight excluding hydrogens is 356 g/mol. The summed E-state index contributed by atoms with van der Waals surface area (Å²) in [5, 5.41) is 8.88. The van der Waals surface area contributed by atoms with Gasteiger partial charge in [0.1, 0.15) is 5.75 Å². The molecule has 0 bridgehead atoms. The van der Waals surface area contributed by atoms with E-state index in [1.54, 1.807) is 19.1 Å². The molecule has 0 aliphatic carbocycles. The molecule has 0 aromatic heterocycles. The van der Waals surface area contributed by atoms with Crippen LogP contribution in [0.5, 0.6) is 5.75 Å². The smallest absolute Gasteiger partial charge is 0.430 e. The highest BCUT2D eigenvalue weighted by Gasteiger charge is 2.48. The average Bonchev–Trinajstić information content (AvgIpc) is 2.35. The van der Waals surface area contributed by atoms with Gasteiger partial charge in [-0.15, -0.1) is 0 Å². The van der Waals surface area contributed by atoms with Gasteiger partial charge in [-0.3, -0.25) is 23.5 Å². The summed E-state index contributed by atoms with van der Waals surface area (Å²) in [7, 11) is 0. The third kappa shape index (κ3) is 5.39. The van der Waals surface area contributed by atoms with Crippen LogP contribution >= 0.6 is 0 Å². The van der Waals surface area contributed by atoms with Crippen molar-refractivity contribution < 1.29 is 51.3 Å². The summed E-state index contributed by atoms with van der Waals surface area (Å²) in [5.74, 6) is -1.52. The highest BCUT2D eigenvalue weighted by atomic mass is 19.4. The highest BCUT2D eigenvalue weighted by Crippen LogP contribution is 2.39. The first-order chi connectivity index (χ1) is 8.84. The number of carboxylic acid groups (broad SMARTS) is 1. The summed E-state index contributed by atoms with van der Waals surface area (Å²) < 4.78 is 43.5. The Hall–Kier alpha value is -2.33. The van der Waals surface area contributed by atoms with E-state index in [1.165, 1.54) is 6.07 Å². The van der Waals surface area contributed by atoms with Crippen molar-refractivity contribution in [2.45, 2.75) is 25.6 Å². The molecule has 1 N–H and O–H groups in total. The molecule has 1 aromatic carbocycles. The predicted octanol–water partition coefficient (Wildman–Crippen LogP) is 3.80. The van der Waals surface area contributed by atoms with Gasteiger partial charge in [-0.1, -0.05) is 25.1 Å². The Morgan fingerprint density at radius 1 is 1.17 bits per heavy atom. The highest BCUT2D eigenvalue weighted by molar-refractivity contribution is 5.95. The standard InChI is InChI=1S/C13H11F3O3.5FH/c1-2-7-4-3-5-8-6-9(12(17)18)11(13(14,15)16)19-10(7)8;;;;;/h3-6,11H,2H2,1H3,(H,17,18);5*1H. The number of hydrogen-bond donors (Lipinski definition) is 1. The lowest BCUT2D eigenvalue weighted by Gasteiger charge is -2.28. The minimum atomic E-state index is -4.76. The maximum Gasteiger partial charge on any atom is 0.430 e. The Morgan fingerprint density at radius 3 is 2.12 bits per heavy atom. The van der Waals surface area contributed by atoms with E-state index >= 15 is 0 Å². The van der Waals surface area contributed by atoms with Crippen LogP contribution in [0.2, 0.25) is 0 Å². The number of rotatable bonds is 2. The SMILES string of the molecule is CCc1cccc2c1OC(C(F)(F)F)C(C(=O)O)=C2.F.F.F.F.F. The van der Waals surface area contributed by atoms with Crippen molar-refractivity contribution in [2.75, 3.05) is 0 Å². The number of aryl methyl sites for hydroxylation is 1. The number of benzene rings is 1. The van der Waals surface area contributed by atoms with Crippen LogP contribution in [0.1, 0.15) is 18.1 Å². The summed E-state index contributed by atoms with van der Waals surface area (Å²) >= 11 is 0. The van der Waals surface area contributed by atoms with Crippen molar-refractivity contribution in [1.82, 2.24) is 0 Å². The third-order valence-electron chi connectivity index (χ3n) is 2.88. The molecule has 0 radical (unpaired) electrons. The number of para-hydroxylation sites is 1. The molecule has 0 saturated carbocycles. The Kier molecular flexibility index (Phi) is 12.9. The van der Waals surface area contributed by atoms with Crippen LogP contribution in [0, 0.1) is 0 Å². The molecule has 1 atom stereocenters. The summed E-state index contributed by atoms with van der Waals surface area (Å²) in [4.78, 5) is 10.9. The van der Waals surface area contributed by atoms with Crippen LogP contribution in [0.25, 0.3) is 6.08 Å². The minimum Gasteiger partial charge on any atom is -0.478 e. The maximum atomic E-state index is 12.9. The average molecular weight is 372 g/mol. The molecule has 1 unspecified atom stereocenters. The first kappa shape index (κ1) is 29.7. The topological polar surface area (TPSA) is 46.5 Å². The Bertz CT molecular complexity index is 557. The molecule has 0 spiro atoms. The molecule has 1 heterocycles. The molecular formula is C13H16F8O3. The van der Waals surface area contributed by atoms with E-state index in [0.29, 0.717) is 17.5 Å². The fourth-order valence-electron chi connectivity index (χ4n) is 1.98. The number of halogens is 8. The number of aliphatic carboxylic acids is 1. The molecule has 24 heavy (non-hydrogen) atoms. The lowest BCUT2D eigenvalue weighted by molar-refractivity contribution is -0.187. The first-order valence-electron chi connectivity index (χ1n) is 5.64. The van der Waals surface area contributed by atoms with Crippen LogP contribution < -0.4 is 4.74 Å². The van der Waals surface area contributed by atoms with Crippen molar-refractivity contribution in [3.8, 4) is 5.75 Å². The van der Waals surface area contributed by atoms with Gasteiger partial charge in [-0.25, -0.2) is 4.79 Å². The Labute approximate surface area is 130 Å². The molecule has 0 amide bonds. The zero-order chi connectivity index (χ0) is 14.2. The quantitative estimate of drug-likeness (QED) is 0.804. The number of ether oxygens (including phenoxy) is 1. The van der Waals surface area contributed by atoms with Crippen molar-refractivity contribution in [3.63, 3.8) is 0 Å². The minimum absolute atomic E-state index is 0. The van der Waals surface area contributed by atoms with Crippen LogP contribution in [-0.4, -0.2) is 23.4 Å². The second kappa shape index (κ2) is 10.4. The molecule has 1 aromatic rings. The van der Waals surface area contributed by atoms with Gasteiger partial charge in [0.15, 0.2) is 0 Å². The van der Waals surface area contributed by atoms with E-state index in [-0.39, 0.29) is 29.3 Å². The molecule has 1 aliphatic rings. The molecule has 2 rings (SSSR count). The summed E-state index contributed by atoms with van der Waals surface area (Å²) in [5.41, 5.74) is 0.179. The third-order valence-corrected chi connectivity index (χ3v) is 2.88. The molecule has 0 fully saturated rings. The number of carbonyl (C=O) groups is 1. The van der Waals surface area contributed by atoms with Crippen LogP contribution in [0.15, 0.2) is 23.8 Å². The first-order valence-corrected chi connectivity index (χ1v) is 5.64. The Morgan fingerprint density at radius 2 is 1.71 bits per heavy atom. The van der Waals surface area contributed by atoms with E-state index in [0.717, 1.165) is 6.08 Å². The second-order valence-electron chi connectivity index (χ2n) is 4.13. The van der Waals surface area contributed by atoms with E-state index in [2.05, 4.69) is 0 Å². The second-order valence-corrected chi connectivity index (χ2v) is 4.13. The number of hydrogen-bond acceptors (Lipinski definition) is 2. The molecule has 11 heteroatoms. The van der Waals surface area contributed by atoms with Crippen LogP contribution in [0.3, 0.4) is 0 Å². The van der Waals surface area contributed by atoms with E-state index in [9.17, 15) is 18.0 Å². The van der Waals surface area contributed by atoms with Gasteiger partial charge < -0.3 is 9.84 Å². The van der Waals surface area contributed by atoms with Gasteiger partial charge in [0, 0.05) is 5.56 Å². The summed E-state index contributed by atoms with van der Waals surface area (Å²) in [6.45, 7) is 1.79. The fraction of sp³-hybridized carbons (Fsp3) is 0.308. The van der Waals surface area contributed by atoms with Crippen molar-refractivity contribution in [2.24, 2.45) is 0 Å². The monoisotopic (exact) mass is 372 g/mol. The van der Waals surface area contributed by atoms with Gasteiger partial charge in [0.2, 0.25) is 6.10 Å². The van der Waals surface area contributed by atoms with Crippen molar-refractivity contribution in [3.05, 3.63) is 34.9 Å². The van der Waals surface area contributed by atoms with E-state index < -0.39 is 23.8 Å². The lowest BCUT2D eigenvalue weighted by atomic mass is 9.98. The molecule has 142 valence electrons. The van der Waals surface area contributed by atoms with Crippen LogP contribution in [-0.2, 0) is 11.2 Å². The van der Waals surface area contributed by atoms with Gasteiger partial charge in [-0.2, -0.15) is 13.2 Å². The van der Waals surface area contributed by atoms with Gasteiger partial charge >= 0.3 is 12.1 Å². The normalized spacial score (nSPS) is 14.5. The van der Waals surface area contributed by atoms with Gasteiger partial charge in [0.25, 0.3) is 0 Å². The number of carboxylic acids is 1. The zero-order valence-corrected chi connectivity index (χ0v) is 12.0. The van der Waals surface area contributed by atoms with Crippen molar-refractivity contribution >= 4 is 12.0 Å². The van der Waals surface area contributed by atoms with E-state index in [1.807, 2.05) is 0 Å². The van der Waals surface area contributed by atoms with E-state index in [4.69, 9.17) is 9.84 Å². The fourth-order valence-corrected chi connectivity index (χ4v) is 1.98. The molecule has 0 saturated heterocycles. The van der Waals surface area contributed by atoms with Crippen molar-refractivity contribution in [1.29, 1.82) is 0 Å². The maximum absolute atomic E-state index is 12.9. The molecule has 3 nitrogen and oxygen atoms in total. The zero-order valence-electron chi connectivity index (χ0n) is 12.0. The number of alkyl halides is 3. The number of fused-ring (bicyclic) bond motifs is 1. The summed E-state index contributed by atoms with van der Waals surface area (Å²) in [6.07, 6.45) is -5.66. The lowest BCUT2D eigenvalue weighted by Crippen LogP contribution is -2.40.